The van der Waals surface area contributed by atoms with Gasteiger partial charge in [0.05, 0.1) is 0 Å². The Bertz CT molecular complexity index is 527. The van der Waals surface area contributed by atoms with E-state index in [-0.39, 0.29) is 5.54 Å². The van der Waals surface area contributed by atoms with Gasteiger partial charge in [-0.3, -0.25) is 0 Å². The van der Waals surface area contributed by atoms with Gasteiger partial charge >= 0.3 is 0 Å². The molecule has 0 amide bonds. The first-order chi connectivity index (χ1) is 8.83. The maximum atomic E-state index is 4.34. The third kappa shape index (κ3) is 1.99. The fourth-order valence-corrected chi connectivity index (χ4v) is 2.95. The van der Waals surface area contributed by atoms with Gasteiger partial charge in [-0.1, -0.05) is 19.3 Å². The van der Waals surface area contributed by atoms with Crippen LogP contribution in [0.4, 0.5) is 0 Å². The van der Waals surface area contributed by atoms with Crippen LogP contribution in [-0.2, 0) is 6.42 Å². The Morgan fingerprint density at radius 2 is 2.11 bits per heavy atom. The van der Waals surface area contributed by atoms with Gasteiger partial charge in [0, 0.05) is 18.2 Å². The molecular weight excluding hydrogens is 226 g/mol. The lowest BCUT2D eigenvalue weighted by atomic mass is 9.79. The van der Waals surface area contributed by atoms with Crippen molar-refractivity contribution < 1.29 is 0 Å². The molecule has 96 valence electrons. The van der Waals surface area contributed by atoms with Gasteiger partial charge in [-0.05, 0) is 32.0 Å². The number of nitrogens with one attached hydrogen (secondary N) is 1. The zero-order valence-corrected chi connectivity index (χ0v) is 10.8. The van der Waals surface area contributed by atoms with Crippen molar-refractivity contribution in [2.24, 2.45) is 0 Å². The van der Waals surface area contributed by atoms with E-state index in [9.17, 15) is 0 Å². The molecule has 1 aliphatic rings. The van der Waals surface area contributed by atoms with Crippen LogP contribution in [0.25, 0.3) is 5.65 Å². The summed E-state index contributed by atoms with van der Waals surface area (Å²) in [6, 6.07) is 3.83. The standard InChI is InChI=1S/C13H19N5/c1-14-13(7-3-2-4-8-13)10-12-17-16-11-6-5-9-15-18(11)12/h5-6,9,14H,2-4,7-8,10H2,1H3. The van der Waals surface area contributed by atoms with E-state index in [2.05, 4.69) is 27.7 Å². The smallest absolute Gasteiger partial charge is 0.177 e. The molecule has 3 rings (SSSR count). The Labute approximate surface area is 107 Å². The third-order valence-corrected chi connectivity index (χ3v) is 4.08. The van der Waals surface area contributed by atoms with Gasteiger partial charge in [0.2, 0.25) is 0 Å². The van der Waals surface area contributed by atoms with Crippen molar-refractivity contribution in [2.45, 2.75) is 44.1 Å². The molecule has 1 fully saturated rings. The zero-order chi connectivity index (χ0) is 12.4. The lowest BCUT2D eigenvalue weighted by Crippen LogP contribution is -2.47. The molecule has 0 unspecified atom stereocenters. The quantitative estimate of drug-likeness (QED) is 0.892. The summed E-state index contributed by atoms with van der Waals surface area (Å²) in [6.45, 7) is 0. The van der Waals surface area contributed by atoms with E-state index in [0.29, 0.717) is 0 Å². The van der Waals surface area contributed by atoms with Crippen molar-refractivity contribution in [3.8, 4) is 0 Å². The molecule has 2 aromatic heterocycles. The predicted molar refractivity (Wildman–Crippen MR) is 69.4 cm³/mol. The number of likely N-dealkylation sites (N-methyl/N-ethyl adjacent to an activating group) is 1. The molecule has 0 bridgehead atoms. The highest BCUT2D eigenvalue weighted by atomic mass is 15.4. The maximum Gasteiger partial charge on any atom is 0.177 e. The van der Waals surface area contributed by atoms with Crippen LogP contribution in [0.1, 0.15) is 37.9 Å². The van der Waals surface area contributed by atoms with E-state index in [1.807, 2.05) is 16.6 Å². The first kappa shape index (κ1) is 11.6. The molecule has 5 heteroatoms. The molecule has 0 spiro atoms. The SMILES string of the molecule is CNC1(Cc2nnc3cccnn23)CCCCC1. The van der Waals surface area contributed by atoms with Crippen LogP contribution in [0.2, 0.25) is 0 Å². The number of fused-ring (bicyclic) bond motifs is 1. The highest BCUT2D eigenvalue weighted by Crippen LogP contribution is 2.30. The van der Waals surface area contributed by atoms with Gasteiger partial charge < -0.3 is 5.32 Å². The van der Waals surface area contributed by atoms with Gasteiger partial charge in [0.15, 0.2) is 11.5 Å². The second-order valence-electron chi connectivity index (χ2n) is 5.18. The number of hydrogen-bond donors (Lipinski definition) is 1. The number of nitrogens with zero attached hydrogens (tertiary/aromatic N) is 4. The number of hydrogen-bond acceptors (Lipinski definition) is 4. The van der Waals surface area contributed by atoms with Crippen molar-refractivity contribution in [3.63, 3.8) is 0 Å². The molecule has 1 saturated carbocycles. The summed E-state index contributed by atoms with van der Waals surface area (Å²) in [5, 5.41) is 16.3. The van der Waals surface area contributed by atoms with Crippen LogP contribution in [-0.4, -0.2) is 32.4 Å². The lowest BCUT2D eigenvalue weighted by Gasteiger charge is -2.36. The van der Waals surface area contributed by atoms with Crippen LogP contribution < -0.4 is 5.32 Å². The fraction of sp³-hybridized carbons (Fsp3) is 0.615. The predicted octanol–water partition coefficient (Wildman–Crippen LogP) is 1.59. The summed E-state index contributed by atoms with van der Waals surface area (Å²) in [4.78, 5) is 0. The van der Waals surface area contributed by atoms with Crippen molar-refractivity contribution in [1.29, 1.82) is 0 Å². The number of rotatable bonds is 3. The molecule has 5 nitrogen and oxygen atoms in total. The Kier molecular flexibility index (Phi) is 2.99. The average molecular weight is 245 g/mol. The Balaban J connectivity index is 1.90. The first-order valence-corrected chi connectivity index (χ1v) is 6.67. The molecule has 18 heavy (non-hydrogen) atoms. The van der Waals surface area contributed by atoms with Gasteiger partial charge in [-0.15, -0.1) is 10.2 Å². The van der Waals surface area contributed by atoms with E-state index in [1.54, 1.807) is 6.20 Å². The highest BCUT2D eigenvalue weighted by molar-refractivity contribution is 5.34. The number of aromatic nitrogens is 4. The highest BCUT2D eigenvalue weighted by Gasteiger charge is 2.32. The summed E-state index contributed by atoms with van der Waals surface area (Å²) in [7, 11) is 2.06. The van der Waals surface area contributed by atoms with Crippen LogP contribution in [0.5, 0.6) is 0 Å². The van der Waals surface area contributed by atoms with Gasteiger partial charge in [-0.25, -0.2) is 0 Å². The molecule has 1 aliphatic carbocycles. The summed E-state index contributed by atoms with van der Waals surface area (Å²) < 4.78 is 1.85. The minimum atomic E-state index is 0.179. The van der Waals surface area contributed by atoms with Crippen LogP contribution >= 0.6 is 0 Å². The average Bonchev–Trinajstić information content (AvgIpc) is 2.83. The minimum absolute atomic E-state index is 0.179. The fourth-order valence-electron chi connectivity index (χ4n) is 2.95. The van der Waals surface area contributed by atoms with Crippen molar-refractivity contribution >= 4 is 5.65 Å². The summed E-state index contributed by atoms with van der Waals surface area (Å²) >= 11 is 0. The Hall–Kier alpha value is -1.49. The normalized spacial score (nSPS) is 19.2. The topological polar surface area (TPSA) is 55.1 Å². The van der Waals surface area contributed by atoms with Crippen LogP contribution in [0.3, 0.4) is 0 Å². The van der Waals surface area contributed by atoms with Crippen LogP contribution in [0, 0.1) is 0 Å². The Morgan fingerprint density at radius 1 is 1.28 bits per heavy atom. The molecule has 2 aromatic rings. The summed E-state index contributed by atoms with van der Waals surface area (Å²) in [6.07, 6.45) is 9.06. The monoisotopic (exact) mass is 245 g/mol. The molecule has 0 atom stereocenters. The van der Waals surface area contributed by atoms with Crippen LogP contribution in [0.15, 0.2) is 18.3 Å². The molecule has 0 aliphatic heterocycles. The summed E-state index contributed by atoms with van der Waals surface area (Å²) in [5.74, 6) is 0.960. The molecular formula is C13H19N5. The van der Waals surface area contributed by atoms with E-state index >= 15 is 0 Å². The first-order valence-electron chi connectivity index (χ1n) is 6.67. The van der Waals surface area contributed by atoms with Gasteiger partial charge in [0.25, 0.3) is 0 Å². The molecule has 1 N–H and O–H groups in total. The Morgan fingerprint density at radius 3 is 2.89 bits per heavy atom. The van der Waals surface area contributed by atoms with Crippen molar-refractivity contribution in [2.75, 3.05) is 7.05 Å². The van der Waals surface area contributed by atoms with Crippen molar-refractivity contribution in [1.82, 2.24) is 25.1 Å². The molecule has 0 saturated heterocycles. The van der Waals surface area contributed by atoms with E-state index in [0.717, 1.165) is 17.9 Å². The second kappa shape index (κ2) is 4.65. The van der Waals surface area contributed by atoms with E-state index in [1.165, 1.54) is 32.1 Å². The van der Waals surface area contributed by atoms with Crippen molar-refractivity contribution in [3.05, 3.63) is 24.2 Å². The second-order valence-corrected chi connectivity index (χ2v) is 5.18. The largest absolute Gasteiger partial charge is 0.314 e. The van der Waals surface area contributed by atoms with Gasteiger partial charge in [0.1, 0.15) is 0 Å². The molecule has 0 radical (unpaired) electrons. The minimum Gasteiger partial charge on any atom is -0.314 e. The summed E-state index contributed by atoms with van der Waals surface area (Å²) in [5.41, 5.74) is 1.01. The lowest BCUT2D eigenvalue weighted by molar-refractivity contribution is 0.240. The molecule has 0 aromatic carbocycles. The zero-order valence-electron chi connectivity index (χ0n) is 10.8. The third-order valence-electron chi connectivity index (χ3n) is 4.08. The van der Waals surface area contributed by atoms with E-state index < -0.39 is 0 Å². The maximum absolute atomic E-state index is 4.34. The molecule has 2 heterocycles. The van der Waals surface area contributed by atoms with E-state index in [4.69, 9.17) is 0 Å². The van der Waals surface area contributed by atoms with Gasteiger partial charge in [-0.2, -0.15) is 9.61 Å².